The summed E-state index contributed by atoms with van der Waals surface area (Å²) >= 11 is 3.42. The molecule has 0 unspecified atom stereocenters. The molecule has 0 saturated carbocycles. The van der Waals surface area contributed by atoms with Gasteiger partial charge in [0.05, 0.1) is 11.3 Å². The minimum absolute atomic E-state index is 0.262. The monoisotopic (exact) mass is 320 g/mol. The summed E-state index contributed by atoms with van der Waals surface area (Å²) in [4.78, 5) is 16.1. The third-order valence-electron chi connectivity index (χ3n) is 2.74. The fraction of sp³-hybridized carbons (Fsp3) is 0.0769. The zero-order chi connectivity index (χ0) is 13.8. The van der Waals surface area contributed by atoms with Crippen LogP contribution in [0.25, 0.3) is 0 Å². The summed E-state index contributed by atoms with van der Waals surface area (Å²) in [5, 5.41) is 2.84. The Bertz CT molecular complexity index is 615. The van der Waals surface area contributed by atoms with Gasteiger partial charge < -0.3 is 10.7 Å². The molecular weight excluding hydrogens is 308 g/mol. The van der Waals surface area contributed by atoms with Crippen molar-refractivity contribution in [1.82, 2.24) is 4.98 Å². The van der Waals surface area contributed by atoms with Gasteiger partial charge in [-0.25, -0.2) is 0 Å². The maximum absolute atomic E-state index is 12.2. The first-order chi connectivity index (χ1) is 9.13. The number of nitrogens with one attached hydrogen (secondary N) is 2. The summed E-state index contributed by atoms with van der Waals surface area (Å²) in [6.07, 6.45) is 3.04. The van der Waals surface area contributed by atoms with Crippen molar-refractivity contribution >= 4 is 33.2 Å². The van der Waals surface area contributed by atoms with E-state index < -0.39 is 0 Å². The maximum Gasteiger partial charge on any atom is 0.259 e. The minimum Gasteiger partial charge on any atom is -0.323 e. The van der Waals surface area contributed by atoms with Gasteiger partial charge in [-0.15, -0.1) is 0 Å². The summed E-state index contributed by atoms with van der Waals surface area (Å²) in [6.45, 7) is 1.92. The van der Waals surface area contributed by atoms with Crippen LogP contribution in [-0.2, 0) is 0 Å². The maximum atomic E-state index is 12.2. The standard InChI is InChI=1S/C13H13BrN4O/c1-8-10(14)3-2-4-11(8)17-13(19)9-7-16-6-5-12(9)18-15/h2-7H,15H2,1H3,(H,16,18)(H,17,19). The zero-order valence-corrected chi connectivity index (χ0v) is 11.9. The lowest BCUT2D eigenvalue weighted by molar-refractivity contribution is 0.102. The van der Waals surface area contributed by atoms with Gasteiger partial charge in [0.25, 0.3) is 5.91 Å². The number of carbonyl (C=O) groups is 1. The number of amides is 1. The molecule has 19 heavy (non-hydrogen) atoms. The van der Waals surface area contributed by atoms with Crippen LogP contribution in [0, 0.1) is 6.92 Å². The van der Waals surface area contributed by atoms with Crippen molar-refractivity contribution in [2.24, 2.45) is 5.84 Å². The molecule has 2 aromatic rings. The number of anilines is 2. The highest BCUT2D eigenvalue weighted by Crippen LogP contribution is 2.24. The van der Waals surface area contributed by atoms with E-state index in [9.17, 15) is 4.79 Å². The first-order valence-electron chi connectivity index (χ1n) is 5.60. The Hall–Kier alpha value is -1.92. The number of rotatable bonds is 3. The summed E-state index contributed by atoms with van der Waals surface area (Å²) in [5.41, 5.74) is 5.10. The lowest BCUT2D eigenvalue weighted by atomic mass is 10.1. The van der Waals surface area contributed by atoms with Gasteiger partial charge in [0.1, 0.15) is 0 Å². The molecule has 5 nitrogen and oxygen atoms in total. The van der Waals surface area contributed by atoms with E-state index in [1.54, 1.807) is 12.3 Å². The van der Waals surface area contributed by atoms with Crippen LogP contribution in [0.3, 0.4) is 0 Å². The average Bonchev–Trinajstić information content (AvgIpc) is 2.43. The average molecular weight is 321 g/mol. The fourth-order valence-corrected chi connectivity index (χ4v) is 2.00. The molecule has 0 aliphatic heterocycles. The van der Waals surface area contributed by atoms with Crippen molar-refractivity contribution in [2.75, 3.05) is 10.7 Å². The molecule has 1 aromatic heterocycles. The molecule has 0 saturated heterocycles. The highest BCUT2D eigenvalue weighted by atomic mass is 79.9. The van der Waals surface area contributed by atoms with Gasteiger partial charge in [0.2, 0.25) is 0 Å². The molecule has 0 aliphatic carbocycles. The van der Waals surface area contributed by atoms with E-state index in [0.717, 1.165) is 15.7 Å². The van der Waals surface area contributed by atoms with Crippen molar-refractivity contribution in [3.8, 4) is 0 Å². The Morgan fingerprint density at radius 1 is 1.32 bits per heavy atom. The molecule has 1 heterocycles. The lowest BCUT2D eigenvalue weighted by Gasteiger charge is -2.11. The number of nitrogens with zero attached hydrogens (tertiary/aromatic N) is 1. The molecule has 0 aliphatic rings. The van der Waals surface area contributed by atoms with Gasteiger partial charge in [-0.1, -0.05) is 22.0 Å². The number of hydrazine groups is 1. The first-order valence-corrected chi connectivity index (χ1v) is 6.40. The van der Waals surface area contributed by atoms with Gasteiger partial charge >= 0.3 is 0 Å². The predicted octanol–water partition coefficient (Wildman–Crippen LogP) is 2.69. The second-order valence-corrected chi connectivity index (χ2v) is 4.79. The number of pyridine rings is 1. The van der Waals surface area contributed by atoms with Crippen molar-refractivity contribution in [1.29, 1.82) is 0 Å². The van der Waals surface area contributed by atoms with E-state index in [2.05, 4.69) is 31.7 Å². The van der Waals surface area contributed by atoms with Gasteiger partial charge in [0.15, 0.2) is 0 Å². The summed E-state index contributed by atoms with van der Waals surface area (Å²) in [7, 11) is 0. The van der Waals surface area contributed by atoms with E-state index in [-0.39, 0.29) is 5.91 Å². The number of hydrogen-bond acceptors (Lipinski definition) is 4. The molecule has 6 heteroatoms. The molecule has 0 fully saturated rings. The highest BCUT2D eigenvalue weighted by Gasteiger charge is 2.12. The zero-order valence-electron chi connectivity index (χ0n) is 10.3. The van der Waals surface area contributed by atoms with Gasteiger partial charge in [0, 0.05) is 22.6 Å². The van der Waals surface area contributed by atoms with Gasteiger partial charge in [-0.3, -0.25) is 15.6 Å². The highest BCUT2D eigenvalue weighted by molar-refractivity contribution is 9.10. The van der Waals surface area contributed by atoms with E-state index in [4.69, 9.17) is 5.84 Å². The number of nitrogen functional groups attached to an aromatic ring is 1. The van der Waals surface area contributed by atoms with Crippen LogP contribution >= 0.6 is 15.9 Å². The van der Waals surface area contributed by atoms with Crippen molar-refractivity contribution in [2.45, 2.75) is 6.92 Å². The SMILES string of the molecule is Cc1c(Br)cccc1NC(=O)c1cnccc1NN. The lowest BCUT2D eigenvalue weighted by Crippen LogP contribution is -2.18. The molecule has 0 atom stereocenters. The van der Waals surface area contributed by atoms with E-state index in [1.165, 1.54) is 6.20 Å². The third kappa shape index (κ3) is 2.91. The van der Waals surface area contributed by atoms with Crippen molar-refractivity contribution in [3.05, 3.63) is 52.3 Å². The summed E-state index contributed by atoms with van der Waals surface area (Å²) < 4.78 is 0.939. The van der Waals surface area contributed by atoms with Crippen LogP contribution in [0.2, 0.25) is 0 Å². The molecule has 2 rings (SSSR count). The van der Waals surface area contributed by atoms with E-state index in [1.807, 2.05) is 25.1 Å². The molecule has 1 aromatic carbocycles. The molecule has 1 amide bonds. The minimum atomic E-state index is -0.262. The molecular formula is C13H13BrN4O. The topological polar surface area (TPSA) is 80.0 Å². The van der Waals surface area contributed by atoms with Gasteiger partial charge in [-0.05, 0) is 30.7 Å². The fourth-order valence-electron chi connectivity index (χ4n) is 1.63. The van der Waals surface area contributed by atoms with E-state index in [0.29, 0.717) is 11.3 Å². The van der Waals surface area contributed by atoms with Gasteiger partial charge in [-0.2, -0.15) is 0 Å². The van der Waals surface area contributed by atoms with Crippen LogP contribution < -0.4 is 16.6 Å². The normalized spacial score (nSPS) is 10.1. The van der Waals surface area contributed by atoms with Crippen LogP contribution in [0.15, 0.2) is 41.1 Å². The summed E-state index contributed by atoms with van der Waals surface area (Å²) in [6, 6.07) is 7.26. The van der Waals surface area contributed by atoms with Crippen molar-refractivity contribution < 1.29 is 4.79 Å². The van der Waals surface area contributed by atoms with Crippen molar-refractivity contribution in [3.63, 3.8) is 0 Å². The Labute approximate surface area is 119 Å². The Morgan fingerprint density at radius 3 is 2.84 bits per heavy atom. The first kappa shape index (κ1) is 13.5. The number of hydrogen-bond donors (Lipinski definition) is 3. The quantitative estimate of drug-likeness (QED) is 0.600. The summed E-state index contributed by atoms with van der Waals surface area (Å²) in [5.74, 6) is 5.11. The molecule has 0 spiro atoms. The number of halogens is 1. The van der Waals surface area contributed by atoms with Crippen LogP contribution in [0.5, 0.6) is 0 Å². The third-order valence-corrected chi connectivity index (χ3v) is 3.60. The number of benzene rings is 1. The Morgan fingerprint density at radius 2 is 2.11 bits per heavy atom. The number of nitrogens with two attached hydrogens (primary N) is 1. The molecule has 4 N–H and O–H groups in total. The molecule has 98 valence electrons. The Balaban J connectivity index is 2.28. The predicted molar refractivity (Wildman–Crippen MR) is 78.9 cm³/mol. The second-order valence-electron chi connectivity index (χ2n) is 3.93. The smallest absolute Gasteiger partial charge is 0.259 e. The molecule has 0 bridgehead atoms. The van der Waals surface area contributed by atoms with Crippen LogP contribution in [-0.4, -0.2) is 10.9 Å². The number of aromatic nitrogens is 1. The Kier molecular flexibility index (Phi) is 4.13. The second kappa shape index (κ2) is 5.81. The van der Waals surface area contributed by atoms with Crippen LogP contribution in [0.1, 0.15) is 15.9 Å². The molecule has 0 radical (unpaired) electrons. The largest absolute Gasteiger partial charge is 0.323 e. The van der Waals surface area contributed by atoms with E-state index >= 15 is 0 Å². The number of carbonyl (C=O) groups excluding carboxylic acids is 1. The van der Waals surface area contributed by atoms with Crippen LogP contribution in [0.4, 0.5) is 11.4 Å².